The predicted molar refractivity (Wildman–Crippen MR) is 117 cm³/mol. The molecule has 1 N–H and O–H groups in total. The van der Waals surface area contributed by atoms with Gasteiger partial charge < -0.3 is 10.1 Å². The van der Waals surface area contributed by atoms with Gasteiger partial charge in [0, 0.05) is 11.6 Å². The summed E-state index contributed by atoms with van der Waals surface area (Å²) in [5.74, 6) is 0.770. The molecule has 31 heavy (non-hydrogen) atoms. The average Bonchev–Trinajstić information content (AvgIpc) is 3.41. The van der Waals surface area contributed by atoms with E-state index in [0.29, 0.717) is 34.4 Å². The number of sulfone groups is 1. The summed E-state index contributed by atoms with van der Waals surface area (Å²) in [5.41, 5.74) is 3.22. The number of methoxy groups -OCH3 is 1. The smallest absolute Gasteiger partial charge is 0.252 e. The van der Waals surface area contributed by atoms with Gasteiger partial charge in [-0.25, -0.2) is 18.1 Å². The summed E-state index contributed by atoms with van der Waals surface area (Å²) in [5, 5.41) is 8.37. The minimum absolute atomic E-state index is 0.0429. The van der Waals surface area contributed by atoms with E-state index in [-0.39, 0.29) is 29.5 Å². The topological polar surface area (TPSA) is 103 Å². The first-order chi connectivity index (χ1) is 14.8. The number of benzene rings is 1. The van der Waals surface area contributed by atoms with Crippen molar-refractivity contribution < 1.29 is 17.9 Å². The number of carbonyl (C=O) groups is 1. The minimum Gasteiger partial charge on any atom is -0.497 e. The molecule has 2 aliphatic rings. The van der Waals surface area contributed by atoms with E-state index in [9.17, 15) is 13.2 Å². The normalized spacial score (nSPS) is 20.1. The number of nitrogens with zero attached hydrogens (tertiary/aromatic N) is 3. The van der Waals surface area contributed by atoms with Crippen LogP contribution in [0.3, 0.4) is 0 Å². The maximum absolute atomic E-state index is 13.1. The molecule has 1 atom stereocenters. The Kier molecular flexibility index (Phi) is 4.73. The number of pyridine rings is 1. The summed E-state index contributed by atoms with van der Waals surface area (Å²) in [7, 11) is -1.48. The standard InChI is InChI=1S/C22H24N4O4S/c1-13-20-18(22(27)23-15-5-6-15)11-19(14-3-7-17(30-2)8-4-14)24-21(20)26(25-13)16-9-10-31(28,29)12-16/h3-4,7-8,11,15-16H,5-6,9-10,12H2,1-2H3,(H,23,27). The van der Waals surface area contributed by atoms with Gasteiger partial charge in [0.2, 0.25) is 0 Å². The largest absolute Gasteiger partial charge is 0.497 e. The number of ether oxygens (including phenoxy) is 1. The fraction of sp³-hybridized carbons (Fsp3) is 0.409. The Bertz CT molecular complexity index is 1280. The van der Waals surface area contributed by atoms with Gasteiger partial charge in [-0.1, -0.05) is 0 Å². The van der Waals surface area contributed by atoms with E-state index < -0.39 is 9.84 Å². The molecule has 3 heterocycles. The molecule has 1 saturated heterocycles. The van der Waals surface area contributed by atoms with Gasteiger partial charge >= 0.3 is 0 Å². The van der Waals surface area contributed by atoms with Crippen molar-refractivity contribution in [2.75, 3.05) is 18.6 Å². The summed E-state index contributed by atoms with van der Waals surface area (Å²) in [6.07, 6.45) is 2.48. The summed E-state index contributed by atoms with van der Waals surface area (Å²) in [4.78, 5) is 17.9. The van der Waals surface area contributed by atoms with Crippen LogP contribution in [0.4, 0.5) is 0 Å². The monoisotopic (exact) mass is 440 g/mol. The molecule has 5 rings (SSSR count). The third-order valence-electron chi connectivity index (χ3n) is 5.93. The SMILES string of the molecule is COc1ccc(-c2cc(C(=O)NC3CC3)c3c(C)nn(C4CCS(=O)(=O)C4)c3n2)cc1. The molecular weight excluding hydrogens is 416 g/mol. The van der Waals surface area contributed by atoms with Crippen molar-refractivity contribution in [1.29, 1.82) is 0 Å². The van der Waals surface area contributed by atoms with Gasteiger partial charge in [-0.2, -0.15) is 5.10 Å². The number of fused-ring (bicyclic) bond motifs is 1. The van der Waals surface area contributed by atoms with Crippen molar-refractivity contribution >= 4 is 26.8 Å². The van der Waals surface area contributed by atoms with Crippen LogP contribution in [-0.2, 0) is 9.84 Å². The average molecular weight is 441 g/mol. The van der Waals surface area contributed by atoms with Crippen molar-refractivity contribution in [3.8, 4) is 17.0 Å². The highest BCUT2D eigenvalue weighted by Gasteiger charge is 2.33. The molecule has 2 aromatic heterocycles. The molecule has 1 unspecified atom stereocenters. The Morgan fingerprint density at radius 3 is 2.55 bits per heavy atom. The van der Waals surface area contributed by atoms with E-state index in [0.717, 1.165) is 24.2 Å². The van der Waals surface area contributed by atoms with Crippen molar-refractivity contribution in [2.24, 2.45) is 0 Å². The lowest BCUT2D eigenvalue weighted by molar-refractivity contribution is 0.0952. The highest BCUT2D eigenvalue weighted by atomic mass is 32.2. The van der Waals surface area contributed by atoms with Gasteiger partial charge in [-0.3, -0.25) is 4.79 Å². The number of amides is 1. The molecule has 1 aliphatic heterocycles. The Morgan fingerprint density at radius 1 is 1.19 bits per heavy atom. The van der Waals surface area contributed by atoms with E-state index >= 15 is 0 Å². The molecule has 0 bridgehead atoms. The Labute approximate surface area is 180 Å². The Morgan fingerprint density at radius 2 is 1.94 bits per heavy atom. The fourth-order valence-corrected chi connectivity index (χ4v) is 5.81. The van der Waals surface area contributed by atoms with Crippen molar-refractivity contribution in [3.63, 3.8) is 0 Å². The third-order valence-corrected chi connectivity index (χ3v) is 7.68. The first-order valence-corrected chi connectivity index (χ1v) is 12.2. The summed E-state index contributed by atoms with van der Waals surface area (Å²) >= 11 is 0. The zero-order valence-corrected chi connectivity index (χ0v) is 18.3. The van der Waals surface area contributed by atoms with Crippen molar-refractivity contribution in [2.45, 2.75) is 38.3 Å². The molecule has 3 aromatic rings. The van der Waals surface area contributed by atoms with Gasteiger partial charge in [-0.15, -0.1) is 0 Å². The molecule has 9 heteroatoms. The van der Waals surface area contributed by atoms with Crippen molar-refractivity contribution in [1.82, 2.24) is 20.1 Å². The van der Waals surface area contributed by atoms with Gasteiger partial charge in [-0.05, 0) is 56.5 Å². The molecule has 1 amide bonds. The van der Waals surface area contributed by atoms with Crippen LogP contribution < -0.4 is 10.1 Å². The Hall–Kier alpha value is -2.94. The first-order valence-electron chi connectivity index (χ1n) is 10.4. The van der Waals surface area contributed by atoms with Gasteiger partial charge in [0.15, 0.2) is 15.5 Å². The number of aromatic nitrogens is 3. The summed E-state index contributed by atoms with van der Waals surface area (Å²) in [6.45, 7) is 1.84. The minimum atomic E-state index is -3.09. The van der Waals surface area contributed by atoms with E-state index in [2.05, 4.69) is 10.4 Å². The van der Waals surface area contributed by atoms with Crippen LogP contribution in [0.15, 0.2) is 30.3 Å². The van der Waals surface area contributed by atoms with E-state index in [1.54, 1.807) is 17.9 Å². The highest BCUT2D eigenvalue weighted by Crippen LogP contribution is 2.33. The molecule has 8 nitrogen and oxygen atoms in total. The molecule has 0 radical (unpaired) electrons. The number of carbonyl (C=O) groups excluding carboxylic acids is 1. The van der Waals surface area contributed by atoms with Crippen LogP contribution in [0, 0.1) is 6.92 Å². The lowest BCUT2D eigenvalue weighted by Crippen LogP contribution is -2.25. The van der Waals surface area contributed by atoms with Crippen LogP contribution in [0.5, 0.6) is 5.75 Å². The zero-order chi connectivity index (χ0) is 21.8. The second kappa shape index (κ2) is 7.33. The molecule has 162 valence electrons. The lowest BCUT2D eigenvalue weighted by Gasteiger charge is -2.12. The number of aryl methyl sites for hydroxylation is 1. The maximum atomic E-state index is 13.1. The number of hydrogen-bond acceptors (Lipinski definition) is 6. The number of hydrogen-bond donors (Lipinski definition) is 1. The van der Waals surface area contributed by atoms with Crippen LogP contribution in [0.2, 0.25) is 0 Å². The van der Waals surface area contributed by atoms with Crippen LogP contribution in [0.1, 0.15) is 41.4 Å². The van der Waals surface area contributed by atoms with E-state index in [4.69, 9.17) is 9.72 Å². The van der Waals surface area contributed by atoms with E-state index in [1.165, 1.54) is 0 Å². The maximum Gasteiger partial charge on any atom is 0.252 e. The second-order valence-electron chi connectivity index (χ2n) is 8.32. The molecule has 1 saturated carbocycles. The fourth-order valence-electron chi connectivity index (χ4n) is 4.12. The predicted octanol–water partition coefficient (Wildman–Crippen LogP) is 2.67. The summed E-state index contributed by atoms with van der Waals surface area (Å²) in [6, 6.07) is 9.21. The summed E-state index contributed by atoms with van der Waals surface area (Å²) < 4.78 is 31.1. The third kappa shape index (κ3) is 3.78. The van der Waals surface area contributed by atoms with Gasteiger partial charge in [0.1, 0.15) is 5.75 Å². The number of rotatable bonds is 5. The van der Waals surface area contributed by atoms with Crippen molar-refractivity contribution in [3.05, 3.63) is 41.6 Å². The molecule has 1 aromatic carbocycles. The Balaban J connectivity index is 1.68. The molecular formula is C22H24N4O4S. The molecule has 2 fully saturated rings. The highest BCUT2D eigenvalue weighted by molar-refractivity contribution is 7.91. The van der Waals surface area contributed by atoms with Crippen LogP contribution >= 0.6 is 0 Å². The first kappa shape index (κ1) is 20.0. The zero-order valence-electron chi connectivity index (χ0n) is 17.5. The van der Waals surface area contributed by atoms with Crippen LogP contribution in [0.25, 0.3) is 22.3 Å². The van der Waals surface area contributed by atoms with Gasteiger partial charge in [0.25, 0.3) is 5.91 Å². The number of nitrogens with one attached hydrogen (secondary N) is 1. The molecule has 1 aliphatic carbocycles. The van der Waals surface area contributed by atoms with E-state index in [1.807, 2.05) is 31.2 Å². The second-order valence-corrected chi connectivity index (χ2v) is 10.5. The van der Waals surface area contributed by atoms with Crippen LogP contribution in [-0.4, -0.2) is 53.7 Å². The lowest BCUT2D eigenvalue weighted by atomic mass is 10.0. The quantitative estimate of drug-likeness (QED) is 0.654. The van der Waals surface area contributed by atoms with Gasteiger partial charge in [0.05, 0.1) is 47.0 Å². The molecule has 0 spiro atoms.